The summed E-state index contributed by atoms with van der Waals surface area (Å²) >= 11 is 0. The molecule has 1 unspecified atom stereocenters. The van der Waals surface area contributed by atoms with E-state index in [1.54, 1.807) is 0 Å². The number of hydrogen-bond donors (Lipinski definition) is 2. The van der Waals surface area contributed by atoms with Crippen molar-refractivity contribution in [3.63, 3.8) is 0 Å². The summed E-state index contributed by atoms with van der Waals surface area (Å²) in [5, 5.41) is 0. The van der Waals surface area contributed by atoms with E-state index >= 15 is 0 Å². The number of rotatable bonds is 48. The summed E-state index contributed by atoms with van der Waals surface area (Å²) in [6, 6.07) is 0. The monoisotopic (exact) mass is 882 g/mol. The Morgan fingerprint density at radius 2 is 0.836 bits per heavy atom. The smallest absolute Gasteiger partial charge is 0.462 e. The van der Waals surface area contributed by atoms with Crippen LogP contribution in [0.4, 0.5) is 0 Å². The van der Waals surface area contributed by atoms with Crippen LogP contribution < -0.4 is 5.73 Å². The number of esters is 2. The van der Waals surface area contributed by atoms with Gasteiger partial charge in [0.05, 0.1) is 13.2 Å². The Balaban J connectivity index is 4.09. The first-order valence-electron chi connectivity index (χ1n) is 25.5. The third-order valence-corrected chi connectivity index (χ3v) is 12.0. The number of ether oxygens (including phenoxy) is 2. The Morgan fingerprint density at radius 1 is 0.475 bits per heavy atom. The lowest BCUT2D eigenvalue weighted by atomic mass is 10.0. The van der Waals surface area contributed by atoms with Gasteiger partial charge < -0.3 is 20.1 Å². The topological polar surface area (TPSA) is 134 Å². The molecule has 0 fully saturated rings. The Morgan fingerprint density at radius 3 is 1.28 bits per heavy atom. The van der Waals surface area contributed by atoms with Gasteiger partial charge in [-0.25, -0.2) is 4.57 Å². The highest BCUT2D eigenvalue weighted by molar-refractivity contribution is 7.47. The van der Waals surface area contributed by atoms with E-state index in [0.29, 0.717) is 6.42 Å². The lowest BCUT2D eigenvalue weighted by Crippen LogP contribution is -2.29. The first-order chi connectivity index (χ1) is 29.8. The molecule has 0 radical (unpaired) electrons. The summed E-state index contributed by atoms with van der Waals surface area (Å²) in [7, 11) is -4.39. The van der Waals surface area contributed by atoms with Crippen molar-refractivity contribution in [3.05, 3.63) is 36.5 Å². The zero-order valence-corrected chi connectivity index (χ0v) is 40.5. The molecule has 0 bridgehead atoms. The highest BCUT2D eigenvalue weighted by Gasteiger charge is 2.26. The van der Waals surface area contributed by atoms with Crippen LogP contribution in [-0.2, 0) is 32.7 Å². The first-order valence-corrected chi connectivity index (χ1v) is 27.0. The van der Waals surface area contributed by atoms with Gasteiger partial charge in [-0.2, -0.15) is 0 Å². The molecule has 0 amide bonds. The maximum absolute atomic E-state index is 12.6. The maximum Gasteiger partial charge on any atom is 0.472 e. The standard InChI is InChI=1S/C51H96NO8P/c1-3-5-7-9-11-13-15-17-19-21-22-23-24-25-26-28-30-32-34-36-38-40-42-44-51(54)60-49(48-59-61(55,56)58-46-45-52)47-57-50(53)43-41-39-37-35-33-31-29-27-20-18-16-14-12-10-8-6-4-2/h14,16,28,30,36,38,49H,3-13,15,17-27,29,31-35,37,39-48,52H2,1-2H3,(H,55,56)/b16-14+,30-28+,38-36+/t49-/m1/s1. The number of phosphoric acid groups is 1. The molecular formula is C51H96NO8P. The van der Waals surface area contributed by atoms with Crippen LogP contribution in [0.25, 0.3) is 0 Å². The average Bonchev–Trinajstić information content (AvgIpc) is 3.25. The predicted molar refractivity (Wildman–Crippen MR) is 257 cm³/mol. The van der Waals surface area contributed by atoms with Crippen LogP contribution in [0.5, 0.6) is 0 Å². The number of phosphoric ester groups is 1. The Hall–Kier alpha value is -1.77. The van der Waals surface area contributed by atoms with Gasteiger partial charge in [0.1, 0.15) is 6.61 Å². The number of carbonyl (C=O) groups is 2. The van der Waals surface area contributed by atoms with Crippen molar-refractivity contribution in [1.29, 1.82) is 0 Å². The van der Waals surface area contributed by atoms with Gasteiger partial charge in [0.15, 0.2) is 6.10 Å². The number of hydrogen-bond acceptors (Lipinski definition) is 8. The zero-order valence-electron chi connectivity index (χ0n) is 39.7. The molecule has 358 valence electrons. The van der Waals surface area contributed by atoms with Crippen molar-refractivity contribution < 1.29 is 37.6 Å². The molecule has 0 aromatic carbocycles. The number of carbonyl (C=O) groups excluding carboxylic acids is 2. The second-order valence-electron chi connectivity index (χ2n) is 17.0. The molecule has 3 N–H and O–H groups in total. The molecule has 0 aromatic heterocycles. The third kappa shape index (κ3) is 47.5. The number of allylic oxidation sites excluding steroid dienone is 6. The van der Waals surface area contributed by atoms with Gasteiger partial charge in [0, 0.05) is 19.4 Å². The molecule has 0 aliphatic heterocycles. The normalized spacial score (nSPS) is 13.4. The van der Waals surface area contributed by atoms with Crippen molar-refractivity contribution in [2.24, 2.45) is 5.73 Å². The van der Waals surface area contributed by atoms with Crippen LogP contribution in [0.3, 0.4) is 0 Å². The van der Waals surface area contributed by atoms with Gasteiger partial charge >= 0.3 is 19.8 Å². The van der Waals surface area contributed by atoms with Crippen molar-refractivity contribution in [2.45, 2.75) is 251 Å². The summed E-state index contributed by atoms with van der Waals surface area (Å²) in [6.45, 7) is 3.71. The number of unbranched alkanes of at least 4 members (excludes halogenated alkanes) is 29. The molecule has 2 atom stereocenters. The fourth-order valence-corrected chi connectivity index (χ4v) is 7.95. The lowest BCUT2D eigenvalue weighted by Gasteiger charge is -2.19. The highest BCUT2D eigenvalue weighted by atomic mass is 31.2. The minimum absolute atomic E-state index is 0.0477. The van der Waals surface area contributed by atoms with Crippen LogP contribution in [0.15, 0.2) is 36.5 Å². The minimum atomic E-state index is -4.39. The fraction of sp³-hybridized carbons (Fsp3) is 0.843. The molecule has 61 heavy (non-hydrogen) atoms. The summed E-state index contributed by atoms with van der Waals surface area (Å²) in [4.78, 5) is 35.0. The van der Waals surface area contributed by atoms with E-state index in [0.717, 1.165) is 44.9 Å². The molecule has 0 aliphatic rings. The second-order valence-corrected chi connectivity index (χ2v) is 18.5. The molecule has 9 nitrogen and oxygen atoms in total. The molecule has 0 heterocycles. The van der Waals surface area contributed by atoms with Crippen LogP contribution in [-0.4, -0.2) is 49.3 Å². The lowest BCUT2D eigenvalue weighted by molar-refractivity contribution is -0.161. The molecule has 0 spiro atoms. The van der Waals surface area contributed by atoms with Crippen molar-refractivity contribution in [1.82, 2.24) is 0 Å². The van der Waals surface area contributed by atoms with Gasteiger partial charge in [-0.15, -0.1) is 0 Å². The molecule has 0 saturated carbocycles. The van der Waals surface area contributed by atoms with E-state index in [1.807, 2.05) is 0 Å². The largest absolute Gasteiger partial charge is 0.472 e. The zero-order chi connectivity index (χ0) is 44.6. The maximum atomic E-state index is 12.6. The molecular weight excluding hydrogens is 786 g/mol. The quantitative estimate of drug-likeness (QED) is 0.0265. The van der Waals surface area contributed by atoms with Crippen molar-refractivity contribution in [2.75, 3.05) is 26.4 Å². The van der Waals surface area contributed by atoms with Gasteiger partial charge in [0.2, 0.25) is 0 Å². The van der Waals surface area contributed by atoms with Gasteiger partial charge in [-0.05, 0) is 70.6 Å². The van der Waals surface area contributed by atoms with E-state index < -0.39 is 32.5 Å². The molecule has 10 heteroatoms. The second kappa shape index (κ2) is 47.7. The van der Waals surface area contributed by atoms with Gasteiger partial charge in [0.25, 0.3) is 0 Å². The fourth-order valence-electron chi connectivity index (χ4n) is 7.18. The summed E-state index contributed by atoms with van der Waals surface area (Å²) in [6.07, 6.45) is 54.8. The third-order valence-electron chi connectivity index (χ3n) is 11.0. The summed E-state index contributed by atoms with van der Waals surface area (Å²) in [5.74, 6) is -0.873. The van der Waals surface area contributed by atoms with Crippen LogP contribution in [0.1, 0.15) is 245 Å². The minimum Gasteiger partial charge on any atom is -0.462 e. The molecule has 0 saturated heterocycles. The first kappa shape index (κ1) is 59.2. The van der Waals surface area contributed by atoms with Crippen molar-refractivity contribution >= 4 is 19.8 Å². The molecule has 0 aromatic rings. The average molecular weight is 882 g/mol. The Bertz CT molecular complexity index is 1100. The SMILES string of the molecule is CCCCCC/C=C/CCCCCCCCCCCC(=O)OC[C@H](COP(=O)(O)OCCN)OC(=O)CCC/C=C/CC/C=C/CCCCCCCCCCCCCCCC. The van der Waals surface area contributed by atoms with E-state index in [4.69, 9.17) is 24.3 Å². The van der Waals surface area contributed by atoms with Gasteiger partial charge in [-0.3, -0.25) is 18.6 Å². The predicted octanol–water partition coefficient (Wildman–Crippen LogP) is 15.3. The molecule has 0 rings (SSSR count). The molecule has 0 aliphatic carbocycles. The Labute approximate surface area is 375 Å². The van der Waals surface area contributed by atoms with Crippen LogP contribution in [0.2, 0.25) is 0 Å². The van der Waals surface area contributed by atoms with E-state index in [2.05, 4.69) is 50.3 Å². The Kier molecular flexibility index (Phi) is 46.3. The van der Waals surface area contributed by atoms with E-state index in [1.165, 1.54) is 167 Å². The van der Waals surface area contributed by atoms with E-state index in [9.17, 15) is 19.0 Å². The van der Waals surface area contributed by atoms with Crippen LogP contribution >= 0.6 is 7.82 Å². The van der Waals surface area contributed by atoms with Crippen molar-refractivity contribution in [3.8, 4) is 0 Å². The summed E-state index contributed by atoms with van der Waals surface area (Å²) < 4.78 is 32.9. The highest BCUT2D eigenvalue weighted by Crippen LogP contribution is 2.43. The number of nitrogens with two attached hydrogens (primary N) is 1. The van der Waals surface area contributed by atoms with Gasteiger partial charge in [-0.1, -0.05) is 198 Å². The van der Waals surface area contributed by atoms with E-state index in [-0.39, 0.29) is 32.6 Å². The summed E-state index contributed by atoms with van der Waals surface area (Å²) in [5.41, 5.74) is 5.36. The van der Waals surface area contributed by atoms with Crippen LogP contribution in [0, 0.1) is 0 Å².